The molecule has 0 aliphatic rings. The van der Waals surface area contributed by atoms with Crippen LogP contribution in [0.25, 0.3) is 0 Å². The zero-order valence-electron chi connectivity index (χ0n) is 6.60. The van der Waals surface area contributed by atoms with Crippen LogP contribution in [0.1, 0.15) is 25.7 Å². The van der Waals surface area contributed by atoms with Crippen LogP contribution in [0, 0.1) is 19.3 Å². The summed E-state index contributed by atoms with van der Waals surface area (Å²) in [4.78, 5) is 0. The van der Waals surface area contributed by atoms with E-state index in [1.807, 2.05) is 0 Å². The molecule has 1 atom stereocenters. The highest BCUT2D eigenvalue weighted by Crippen LogP contribution is 2.06. The highest BCUT2D eigenvalue weighted by Gasteiger charge is 2.02. The Morgan fingerprint density at radius 2 is 2.40 bits per heavy atom. The first-order valence-electron chi connectivity index (χ1n) is 3.60. The van der Waals surface area contributed by atoms with Crippen LogP contribution in [0.2, 0.25) is 0 Å². The lowest BCUT2D eigenvalue weighted by Gasteiger charge is -2.10. The number of methoxy groups -OCH3 is 1. The van der Waals surface area contributed by atoms with Gasteiger partial charge in [0.1, 0.15) is 0 Å². The number of hydrogen-bond donors (Lipinski definition) is 0. The lowest BCUT2D eigenvalue weighted by atomic mass is 10.1. The van der Waals surface area contributed by atoms with Crippen molar-refractivity contribution >= 4 is 0 Å². The van der Waals surface area contributed by atoms with Gasteiger partial charge in [0.2, 0.25) is 0 Å². The Kier molecular flexibility index (Phi) is 6.32. The zero-order chi connectivity index (χ0) is 7.82. The van der Waals surface area contributed by atoms with Crippen LogP contribution in [0.4, 0.5) is 0 Å². The van der Waals surface area contributed by atoms with Crippen LogP contribution < -0.4 is 0 Å². The van der Waals surface area contributed by atoms with E-state index in [-0.39, 0.29) is 6.10 Å². The van der Waals surface area contributed by atoms with Crippen molar-refractivity contribution in [3.05, 3.63) is 6.92 Å². The monoisotopic (exact) mass is 139 g/mol. The molecule has 0 aliphatic heterocycles. The first-order chi connectivity index (χ1) is 4.85. The van der Waals surface area contributed by atoms with E-state index in [9.17, 15) is 0 Å². The molecule has 57 valence electrons. The number of ether oxygens (including phenoxy) is 1. The van der Waals surface area contributed by atoms with Crippen molar-refractivity contribution in [1.29, 1.82) is 0 Å². The molecule has 0 amide bonds. The summed E-state index contributed by atoms with van der Waals surface area (Å²) in [5.41, 5.74) is 0. The van der Waals surface area contributed by atoms with Gasteiger partial charge in [-0.3, -0.25) is 0 Å². The van der Waals surface area contributed by atoms with Crippen molar-refractivity contribution in [1.82, 2.24) is 0 Å². The van der Waals surface area contributed by atoms with Gasteiger partial charge in [0.05, 0.1) is 6.10 Å². The van der Waals surface area contributed by atoms with Crippen molar-refractivity contribution in [2.24, 2.45) is 0 Å². The van der Waals surface area contributed by atoms with Gasteiger partial charge in [0.15, 0.2) is 0 Å². The second kappa shape index (κ2) is 6.64. The highest BCUT2D eigenvalue weighted by atomic mass is 16.5. The minimum absolute atomic E-state index is 0.242. The van der Waals surface area contributed by atoms with Gasteiger partial charge in [-0.2, -0.15) is 0 Å². The third kappa shape index (κ3) is 4.40. The summed E-state index contributed by atoms with van der Waals surface area (Å²) in [5.74, 6) is 2.58. The minimum atomic E-state index is 0.242. The van der Waals surface area contributed by atoms with Gasteiger partial charge >= 0.3 is 0 Å². The predicted octanol–water partition coefficient (Wildman–Crippen LogP) is 2.03. The molecule has 0 aliphatic carbocycles. The molecular weight excluding hydrogens is 124 g/mol. The van der Waals surface area contributed by atoms with Gasteiger partial charge in [0.25, 0.3) is 0 Å². The molecule has 1 nitrogen and oxygen atoms in total. The van der Waals surface area contributed by atoms with Gasteiger partial charge in [-0.25, -0.2) is 0 Å². The second-order valence-electron chi connectivity index (χ2n) is 2.26. The number of unbranched alkanes of at least 4 members (excludes halogenated alkanes) is 1. The van der Waals surface area contributed by atoms with E-state index in [0.717, 1.165) is 25.7 Å². The van der Waals surface area contributed by atoms with Crippen LogP contribution in [-0.4, -0.2) is 13.2 Å². The average molecular weight is 139 g/mol. The molecule has 0 saturated heterocycles. The Bertz CT molecular complexity index is 102. The summed E-state index contributed by atoms with van der Waals surface area (Å²) in [6.07, 6.45) is 9.18. The van der Waals surface area contributed by atoms with Gasteiger partial charge in [0, 0.05) is 13.5 Å². The number of rotatable bonds is 5. The first-order valence-corrected chi connectivity index (χ1v) is 3.60. The van der Waals surface area contributed by atoms with E-state index in [1.165, 1.54) is 0 Å². The standard InChI is InChI=1S/C9H15O/c1-4-6-8-9(10-3)7-5-2/h2,9H,1,4,6-8H2,3H3. The van der Waals surface area contributed by atoms with Crippen LogP contribution in [0.3, 0.4) is 0 Å². The van der Waals surface area contributed by atoms with Gasteiger partial charge in [-0.05, 0) is 6.42 Å². The quantitative estimate of drug-likeness (QED) is 0.529. The predicted molar refractivity (Wildman–Crippen MR) is 43.5 cm³/mol. The molecule has 0 aromatic rings. The summed E-state index contributed by atoms with van der Waals surface area (Å²) >= 11 is 0. The Labute approximate surface area is 63.8 Å². The lowest BCUT2D eigenvalue weighted by molar-refractivity contribution is 0.0979. The number of hydrogen-bond acceptors (Lipinski definition) is 1. The molecule has 0 heterocycles. The molecule has 0 spiro atoms. The molecular formula is C9H15O. The SMILES string of the molecule is C#CCC(CCC[CH2])OC. The topological polar surface area (TPSA) is 9.23 Å². The van der Waals surface area contributed by atoms with Crippen molar-refractivity contribution in [3.63, 3.8) is 0 Å². The molecule has 0 N–H and O–H groups in total. The normalized spacial score (nSPS) is 12.5. The van der Waals surface area contributed by atoms with E-state index >= 15 is 0 Å². The third-order valence-corrected chi connectivity index (χ3v) is 1.45. The summed E-state index contributed by atoms with van der Waals surface area (Å²) in [6.45, 7) is 3.74. The lowest BCUT2D eigenvalue weighted by Crippen LogP contribution is -2.08. The molecule has 0 rings (SSSR count). The van der Waals surface area contributed by atoms with Crippen molar-refractivity contribution < 1.29 is 4.74 Å². The third-order valence-electron chi connectivity index (χ3n) is 1.45. The van der Waals surface area contributed by atoms with Crippen molar-refractivity contribution in [2.45, 2.75) is 31.8 Å². The van der Waals surface area contributed by atoms with Crippen LogP contribution in [0.15, 0.2) is 0 Å². The van der Waals surface area contributed by atoms with E-state index in [0.29, 0.717) is 0 Å². The summed E-state index contributed by atoms with van der Waals surface area (Å²) in [6, 6.07) is 0. The Morgan fingerprint density at radius 1 is 1.70 bits per heavy atom. The highest BCUT2D eigenvalue weighted by molar-refractivity contribution is 4.87. The molecule has 10 heavy (non-hydrogen) atoms. The smallest absolute Gasteiger partial charge is 0.0680 e. The van der Waals surface area contributed by atoms with Gasteiger partial charge in [-0.15, -0.1) is 12.3 Å². The molecule has 0 bridgehead atoms. The van der Waals surface area contributed by atoms with Crippen molar-refractivity contribution in [2.75, 3.05) is 7.11 Å². The van der Waals surface area contributed by atoms with Gasteiger partial charge < -0.3 is 4.74 Å². The molecule has 1 radical (unpaired) electrons. The molecule has 1 unspecified atom stereocenters. The summed E-state index contributed by atoms with van der Waals surface area (Å²) in [5, 5.41) is 0. The second-order valence-corrected chi connectivity index (χ2v) is 2.26. The fourth-order valence-electron chi connectivity index (χ4n) is 0.807. The van der Waals surface area contributed by atoms with E-state index < -0.39 is 0 Å². The van der Waals surface area contributed by atoms with Crippen LogP contribution in [-0.2, 0) is 4.74 Å². The molecule has 0 aromatic carbocycles. The fraction of sp³-hybridized carbons (Fsp3) is 0.667. The summed E-state index contributed by atoms with van der Waals surface area (Å²) < 4.78 is 5.12. The molecule has 1 heteroatoms. The van der Waals surface area contributed by atoms with E-state index in [1.54, 1.807) is 7.11 Å². The van der Waals surface area contributed by atoms with Gasteiger partial charge in [-0.1, -0.05) is 19.8 Å². The van der Waals surface area contributed by atoms with E-state index in [4.69, 9.17) is 11.2 Å². The van der Waals surface area contributed by atoms with Crippen LogP contribution in [0.5, 0.6) is 0 Å². The first kappa shape index (κ1) is 9.52. The maximum atomic E-state index is 5.13. The van der Waals surface area contributed by atoms with E-state index in [2.05, 4.69) is 12.8 Å². The number of terminal acetylenes is 1. The Morgan fingerprint density at radius 3 is 2.80 bits per heavy atom. The van der Waals surface area contributed by atoms with Crippen LogP contribution >= 0.6 is 0 Å². The van der Waals surface area contributed by atoms with Crippen molar-refractivity contribution in [3.8, 4) is 12.3 Å². The fourth-order valence-corrected chi connectivity index (χ4v) is 0.807. The molecule has 0 aromatic heterocycles. The Balaban J connectivity index is 3.32. The minimum Gasteiger partial charge on any atom is -0.380 e. The molecule has 0 fully saturated rings. The zero-order valence-corrected chi connectivity index (χ0v) is 6.60. The summed E-state index contributed by atoms with van der Waals surface area (Å²) in [7, 11) is 1.70. The Hall–Kier alpha value is -0.480. The largest absolute Gasteiger partial charge is 0.380 e. The maximum Gasteiger partial charge on any atom is 0.0680 e. The maximum absolute atomic E-state index is 5.13. The molecule has 0 saturated carbocycles. The average Bonchev–Trinajstić information content (AvgIpc) is 1.98.